The molecular formula is C19H26ClN3O. The third-order valence-corrected chi connectivity index (χ3v) is 3.71. The van der Waals surface area contributed by atoms with Crippen molar-refractivity contribution in [3.05, 3.63) is 71.3 Å². The first kappa shape index (κ1) is 20.2. The Labute approximate surface area is 150 Å². The summed E-state index contributed by atoms with van der Waals surface area (Å²) in [6.45, 7) is 4.17. The molecule has 0 aliphatic carbocycles. The van der Waals surface area contributed by atoms with Crippen LogP contribution in [0.25, 0.3) is 0 Å². The monoisotopic (exact) mass is 347 g/mol. The lowest BCUT2D eigenvalue weighted by atomic mass is 10.1. The van der Waals surface area contributed by atoms with Crippen molar-refractivity contribution in [3.8, 4) is 0 Å². The molecule has 0 fully saturated rings. The highest BCUT2D eigenvalue weighted by atomic mass is 35.5. The van der Waals surface area contributed by atoms with Crippen molar-refractivity contribution in [2.45, 2.75) is 26.1 Å². The zero-order chi connectivity index (χ0) is 16.7. The molecule has 0 bridgehead atoms. The Balaban J connectivity index is 0.00000288. The van der Waals surface area contributed by atoms with Gasteiger partial charge in [0.15, 0.2) is 0 Å². The Morgan fingerprint density at radius 2 is 1.71 bits per heavy atom. The molecule has 0 saturated heterocycles. The average Bonchev–Trinajstić information content (AvgIpc) is 2.55. The lowest BCUT2D eigenvalue weighted by Gasteiger charge is -2.22. The number of amides is 1. The molecule has 5 heteroatoms. The number of nitrogens with two attached hydrogens (primary N) is 1. The zero-order valence-corrected chi connectivity index (χ0v) is 15.1. The fourth-order valence-electron chi connectivity index (χ4n) is 2.57. The predicted molar refractivity (Wildman–Crippen MR) is 101 cm³/mol. The summed E-state index contributed by atoms with van der Waals surface area (Å²) in [5.41, 5.74) is 8.53. The van der Waals surface area contributed by atoms with Gasteiger partial charge >= 0.3 is 0 Å². The van der Waals surface area contributed by atoms with E-state index in [2.05, 4.69) is 29.4 Å². The molecule has 2 aromatic rings. The Kier molecular flexibility index (Phi) is 8.47. The number of hydrogen-bond donors (Lipinski definition) is 2. The van der Waals surface area contributed by atoms with Crippen LogP contribution in [-0.4, -0.2) is 30.4 Å². The number of nitrogens with one attached hydrogen (secondary N) is 1. The van der Waals surface area contributed by atoms with Gasteiger partial charge in [-0.2, -0.15) is 0 Å². The maximum atomic E-state index is 12.2. The van der Waals surface area contributed by atoms with Gasteiger partial charge in [-0.25, -0.2) is 0 Å². The van der Waals surface area contributed by atoms with E-state index in [0.717, 1.165) is 18.7 Å². The lowest BCUT2D eigenvalue weighted by molar-refractivity contribution is 0.0931. The van der Waals surface area contributed by atoms with Crippen LogP contribution < -0.4 is 11.1 Å². The topological polar surface area (TPSA) is 58.4 Å². The summed E-state index contributed by atoms with van der Waals surface area (Å²) in [6.07, 6.45) is 0. The number of hydrogen-bond acceptors (Lipinski definition) is 3. The minimum absolute atomic E-state index is 0. The SMILES string of the molecule is CC(CN(C)Cc1ccccc1)NC(=O)c1ccc(CN)cc1.Cl. The molecular weight excluding hydrogens is 322 g/mol. The molecule has 0 aliphatic heterocycles. The molecule has 1 amide bonds. The van der Waals surface area contributed by atoms with Crippen molar-refractivity contribution in [2.75, 3.05) is 13.6 Å². The predicted octanol–water partition coefficient (Wildman–Crippen LogP) is 2.82. The van der Waals surface area contributed by atoms with E-state index in [-0.39, 0.29) is 24.4 Å². The van der Waals surface area contributed by atoms with Gasteiger partial charge in [0.25, 0.3) is 5.91 Å². The Morgan fingerprint density at radius 1 is 1.08 bits per heavy atom. The van der Waals surface area contributed by atoms with Crippen molar-refractivity contribution >= 4 is 18.3 Å². The molecule has 24 heavy (non-hydrogen) atoms. The maximum Gasteiger partial charge on any atom is 0.251 e. The van der Waals surface area contributed by atoms with Gasteiger partial charge in [0, 0.05) is 31.2 Å². The number of likely N-dealkylation sites (N-methyl/N-ethyl adjacent to an activating group) is 1. The average molecular weight is 348 g/mol. The second kappa shape index (κ2) is 10.1. The summed E-state index contributed by atoms with van der Waals surface area (Å²) in [7, 11) is 2.06. The summed E-state index contributed by atoms with van der Waals surface area (Å²) >= 11 is 0. The molecule has 3 N–H and O–H groups in total. The van der Waals surface area contributed by atoms with E-state index in [1.165, 1.54) is 5.56 Å². The quantitative estimate of drug-likeness (QED) is 0.809. The number of carbonyl (C=O) groups excluding carboxylic acids is 1. The molecule has 1 unspecified atom stereocenters. The molecule has 0 saturated carbocycles. The lowest BCUT2D eigenvalue weighted by Crippen LogP contribution is -2.40. The van der Waals surface area contributed by atoms with Gasteiger partial charge in [-0.05, 0) is 37.2 Å². The molecule has 2 rings (SSSR count). The van der Waals surface area contributed by atoms with Gasteiger partial charge in [-0.3, -0.25) is 4.79 Å². The van der Waals surface area contributed by atoms with Crippen LogP contribution in [-0.2, 0) is 13.1 Å². The molecule has 0 spiro atoms. The fourth-order valence-corrected chi connectivity index (χ4v) is 2.57. The van der Waals surface area contributed by atoms with Crippen LogP contribution in [0.5, 0.6) is 0 Å². The third-order valence-electron chi connectivity index (χ3n) is 3.71. The van der Waals surface area contributed by atoms with Gasteiger partial charge in [0.05, 0.1) is 0 Å². The Morgan fingerprint density at radius 3 is 2.29 bits per heavy atom. The van der Waals surface area contributed by atoms with Crippen LogP contribution in [0.4, 0.5) is 0 Å². The highest BCUT2D eigenvalue weighted by Gasteiger charge is 2.12. The van der Waals surface area contributed by atoms with Crippen molar-refractivity contribution in [1.82, 2.24) is 10.2 Å². The van der Waals surface area contributed by atoms with Gasteiger partial charge in [0.1, 0.15) is 0 Å². The van der Waals surface area contributed by atoms with Crippen LogP contribution in [0, 0.1) is 0 Å². The molecule has 4 nitrogen and oxygen atoms in total. The molecule has 0 aliphatic rings. The number of nitrogens with zero attached hydrogens (tertiary/aromatic N) is 1. The summed E-state index contributed by atoms with van der Waals surface area (Å²) in [5, 5.41) is 3.04. The van der Waals surface area contributed by atoms with E-state index < -0.39 is 0 Å². The van der Waals surface area contributed by atoms with Gasteiger partial charge in [0.2, 0.25) is 0 Å². The maximum absolute atomic E-state index is 12.2. The van der Waals surface area contributed by atoms with E-state index in [1.54, 1.807) is 0 Å². The number of benzene rings is 2. The van der Waals surface area contributed by atoms with E-state index in [4.69, 9.17) is 5.73 Å². The first-order chi connectivity index (χ1) is 11.1. The summed E-state index contributed by atoms with van der Waals surface area (Å²) in [5.74, 6) is -0.0471. The van der Waals surface area contributed by atoms with E-state index in [9.17, 15) is 4.79 Å². The fraction of sp³-hybridized carbons (Fsp3) is 0.316. The molecule has 0 heterocycles. The molecule has 1 atom stereocenters. The molecule has 0 aromatic heterocycles. The highest BCUT2D eigenvalue weighted by molar-refractivity contribution is 5.94. The van der Waals surface area contributed by atoms with Crippen molar-refractivity contribution in [3.63, 3.8) is 0 Å². The van der Waals surface area contributed by atoms with Gasteiger partial charge in [-0.15, -0.1) is 12.4 Å². The Bertz CT molecular complexity index is 616. The highest BCUT2D eigenvalue weighted by Crippen LogP contribution is 2.06. The van der Waals surface area contributed by atoms with E-state index in [0.29, 0.717) is 12.1 Å². The third kappa shape index (κ3) is 6.32. The second-order valence-electron chi connectivity index (χ2n) is 5.96. The van der Waals surface area contributed by atoms with Gasteiger partial charge < -0.3 is 16.0 Å². The number of halogens is 1. The number of rotatable bonds is 7. The second-order valence-corrected chi connectivity index (χ2v) is 5.96. The normalized spacial score (nSPS) is 11.7. The Hall–Kier alpha value is -1.88. The van der Waals surface area contributed by atoms with Crippen molar-refractivity contribution < 1.29 is 4.79 Å². The first-order valence-electron chi connectivity index (χ1n) is 7.91. The standard InChI is InChI=1S/C19H25N3O.ClH/c1-15(13-22(2)14-17-6-4-3-5-7-17)21-19(23)18-10-8-16(12-20)9-11-18;/h3-11,15H,12-14,20H2,1-2H3,(H,21,23);1H. The molecule has 2 aromatic carbocycles. The first-order valence-corrected chi connectivity index (χ1v) is 7.91. The number of carbonyl (C=O) groups is 1. The minimum atomic E-state index is -0.0471. The zero-order valence-electron chi connectivity index (χ0n) is 14.2. The summed E-state index contributed by atoms with van der Waals surface area (Å²) in [6, 6.07) is 17.8. The van der Waals surface area contributed by atoms with Crippen LogP contribution >= 0.6 is 12.4 Å². The van der Waals surface area contributed by atoms with Crippen LogP contribution in [0.15, 0.2) is 54.6 Å². The van der Waals surface area contributed by atoms with E-state index >= 15 is 0 Å². The minimum Gasteiger partial charge on any atom is -0.348 e. The van der Waals surface area contributed by atoms with Crippen molar-refractivity contribution in [1.29, 1.82) is 0 Å². The van der Waals surface area contributed by atoms with Crippen LogP contribution in [0.3, 0.4) is 0 Å². The van der Waals surface area contributed by atoms with Crippen molar-refractivity contribution in [2.24, 2.45) is 5.73 Å². The molecule has 0 radical (unpaired) electrons. The summed E-state index contributed by atoms with van der Waals surface area (Å²) < 4.78 is 0. The smallest absolute Gasteiger partial charge is 0.251 e. The van der Waals surface area contributed by atoms with Gasteiger partial charge in [-0.1, -0.05) is 42.5 Å². The molecule has 130 valence electrons. The largest absolute Gasteiger partial charge is 0.348 e. The summed E-state index contributed by atoms with van der Waals surface area (Å²) in [4.78, 5) is 14.4. The van der Waals surface area contributed by atoms with Crippen LogP contribution in [0.2, 0.25) is 0 Å². The van der Waals surface area contributed by atoms with E-state index in [1.807, 2.05) is 49.4 Å². The van der Waals surface area contributed by atoms with Crippen LogP contribution in [0.1, 0.15) is 28.4 Å².